The van der Waals surface area contributed by atoms with Crippen LogP contribution in [0.3, 0.4) is 0 Å². The third kappa shape index (κ3) is 3.90. The third-order valence-corrected chi connectivity index (χ3v) is 9.76. The average Bonchev–Trinajstić information content (AvgIpc) is 2.88. The van der Waals surface area contributed by atoms with Crippen LogP contribution in [0.5, 0.6) is 0 Å². The third-order valence-electron chi connectivity index (χ3n) is 5.62. The Labute approximate surface area is 197 Å². The van der Waals surface area contributed by atoms with Gasteiger partial charge >= 0.3 is 5.63 Å². The molecular formula is C29H20ClO2P. The van der Waals surface area contributed by atoms with E-state index in [0.717, 1.165) is 15.9 Å². The zero-order valence-electron chi connectivity index (χ0n) is 17.7. The van der Waals surface area contributed by atoms with Crippen LogP contribution >= 0.6 is 18.5 Å². The number of halogens is 1. The van der Waals surface area contributed by atoms with Crippen molar-refractivity contribution < 1.29 is 4.42 Å². The summed E-state index contributed by atoms with van der Waals surface area (Å²) in [5.74, 6) is 0. The van der Waals surface area contributed by atoms with Gasteiger partial charge in [0.1, 0.15) is 5.58 Å². The van der Waals surface area contributed by atoms with Crippen molar-refractivity contribution in [3.63, 3.8) is 0 Å². The molecule has 0 atom stereocenters. The first-order valence-electron chi connectivity index (χ1n) is 10.6. The van der Waals surface area contributed by atoms with Gasteiger partial charge in [0.15, 0.2) is 0 Å². The molecule has 1 aromatic heterocycles. The maximum absolute atomic E-state index is 12.9. The van der Waals surface area contributed by atoms with Crippen LogP contribution in [0, 0.1) is 0 Å². The summed E-state index contributed by atoms with van der Waals surface area (Å²) in [7, 11) is 0. The average molecular weight is 467 g/mol. The fourth-order valence-corrected chi connectivity index (χ4v) is 7.85. The molecule has 0 unspecified atom stereocenters. The van der Waals surface area contributed by atoms with Gasteiger partial charge in [0.2, 0.25) is 0 Å². The zero-order chi connectivity index (χ0) is 22.7. The Kier molecular flexibility index (Phi) is 5.90. The van der Waals surface area contributed by atoms with Crippen molar-refractivity contribution in [3.8, 4) is 0 Å². The lowest BCUT2D eigenvalue weighted by molar-refractivity contribution is 0.559. The van der Waals surface area contributed by atoms with E-state index in [1.807, 2.05) is 72.8 Å². The van der Waals surface area contributed by atoms with Crippen LogP contribution in [0.15, 0.2) is 124 Å². The molecule has 0 bridgehead atoms. The molecule has 160 valence electrons. The standard InChI is InChI=1S/C29H20ClO2P/c30-28-25-18-10-11-19-27(25)32-29(31)26(28)20-21-33(22-12-4-1-5-13-22,23-14-6-2-7-15-23)24-16-8-3-9-17-24/h1-20H. The van der Waals surface area contributed by atoms with Gasteiger partial charge in [0.05, 0.1) is 10.6 Å². The van der Waals surface area contributed by atoms with E-state index in [1.165, 1.54) is 0 Å². The van der Waals surface area contributed by atoms with Crippen molar-refractivity contribution in [1.82, 2.24) is 0 Å². The summed E-state index contributed by atoms with van der Waals surface area (Å²) in [6, 6.07) is 38.3. The second-order valence-electron chi connectivity index (χ2n) is 7.56. The van der Waals surface area contributed by atoms with E-state index in [9.17, 15) is 4.79 Å². The molecule has 0 aliphatic carbocycles. The number of hydrogen-bond acceptors (Lipinski definition) is 2. The molecule has 0 aliphatic rings. The molecule has 5 aromatic rings. The van der Waals surface area contributed by atoms with Crippen molar-refractivity contribution >= 4 is 56.9 Å². The summed E-state index contributed by atoms with van der Waals surface area (Å²) < 4.78 is 5.56. The van der Waals surface area contributed by atoms with Crippen molar-refractivity contribution in [2.24, 2.45) is 0 Å². The highest BCUT2D eigenvalue weighted by atomic mass is 35.5. The lowest BCUT2D eigenvalue weighted by atomic mass is 10.2. The minimum Gasteiger partial charge on any atom is -0.422 e. The van der Waals surface area contributed by atoms with Crippen LogP contribution in [0.1, 0.15) is 5.56 Å². The molecule has 0 saturated carbocycles. The molecule has 0 spiro atoms. The molecule has 4 heteroatoms. The SMILES string of the molecule is O=c1oc2ccccc2c(Cl)c1C=C=P(c1ccccc1)(c1ccccc1)c1ccccc1. The van der Waals surface area contributed by atoms with E-state index >= 15 is 0 Å². The van der Waals surface area contributed by atoms with Crippen LogP contribution in [0.2, 0.25) is 5.02 Å². The minimum absolute atomic E-state index is 0.308. The van der Waals surface area contributed by atoms with Gasteiger partial charge in [-0.1, -0.05) is 115 Å². The summed E-state index contributed by atoms with van der Waals surface area (Å²) in [4.78, 5) is 12.9. The number of fused-ring (bicyclic) bond motifs is 1. The largest absolute Gasteiger partial charge is 0.422 e. The fraction of sp³-hybridized carbons (Fsp3) is 0. The van der Waals surface area contributed by atoms with E-state index in [4.69, 9.17) is 16.0 Å². The minimum atomic E-state index is -2.36. The molecular weight excluding hydrogens is 447 g/mol. The van der Waals surface area contributed by atoms with Gasteiger partial charge < -0.3 is 4.42 Å². The first kappa shape index (κ1) is 21.3. The molecule has 0 aliphatic heterocycles. The summed E-state index contributed by atoms with van der Waals surface area (Å²) in [5, 5.41) is 4.50. The predicted octanol–water partition coefficient (Wildman–Crippen LogP) is 5.85. The second-order valence-corrected chi connectivity index (χ2v) is 11.1. The Bertz CT molecular complexity index is 1460. The molecule has 1 heterocycles. The topological polar surface area (TPSA) is 30.2 Å². The van der Waals surface area contributed by atoms with Gasteiger partial charge in [-0.25, -0.2) is 4.79 Å². The summed E-state index contributed by atoms with van der Waals surface area (Å²) in [5.41, 5.74) is 3.99. The predicted molar refractivity (Wildman–Crippen MR) is 142 cm³/mol. The highest BCUT2D eigenvalue weighted by Crippen LogP contribution is 2.43. The Morgan fingerprint density at radius 3 is 1.64 bits per heavy atom. The highest BCUT2D eigenvalue weighted by molar-refractivity contribution is 7.94. The van der Waals surface area contributed by atoms with Crippen LogP contribution in [-0.2, 0) is 0 Å². The zero-order valence-corrected chi connectivity index (χ0v) is 19.3. The Morgan fingerprint density at radius 2 is 1.12 bits per heavy atom. The van der Waals surface area contributed by atoms with Crippen LogP contribution in [0.4, 0.5) is 0 Å². The van der Waals surface area contributed by atoms with Gasteiger partial charge in [0, 0.05) is 12.3 Å². The van der Waals surface area contributed by atoms with Gasteiger partial charge in [-0.3, -0.25) is 0 Å². The van der Waals surface area contributed by atoms with Gasteiger partial charge in [-0.05, 0) is 34.1 Å². The Morgan fingerprint density at radius 1 is 0.667 bits per heavy atom. The number of para-hydroxylation sites is 1. The summed E-state index contributed by atoms with van der Waals surface area (Å²) in [6.07, 6.45) is 1.72. The molecule has 0 radical (unpaired) electrons. The monoisotopic (exact) mass is 466 g/mol. The van der Waals surface area contributed by atoms with Crippen molar-refractivity contribution in [1.29, 1.82) is 0 Å². The number of benzene rings is 4. The molecule has 0 N–H and O–H groups in total. The lowest BCUT2D eigenvalue weighted by Crippen LogP contribution is -2.25. The molecule has 33 heavy (non-hydrogen) atoms. The van der Waals surface area contributed by atoms with E-state index in [0.29, 0.717) is 21.6 Å². The van der Waals surface area contributed by atoms with Crippen molar-refractivity contribution in [2.45, 2.75) is 0 Å². The maximum Gasteiger partial charge on any atom is 0.345 e. The normalized spacial score (nSPS) is 11.2. The number of hydrogen-bond donors (Lipinski definition) is 0. The molecule has 0 saturated heterocycles. The smallest absolute Gasteiger partial charge is 0.345 e. The van der Waals surface area contributed by atoms with Crippen molar-refractivity contribution in [3.05, 3.63) is 136 Å². The highest BCUT2D eigenvalue weighted by Gasteiger charge is 2.24. The Balaban J connectivity index is 1.93. The quantitative estimate of drug-likeness (QED) is 0.245. The van der Waals surface area contributed by atoms with E-state index in [2.05, 4.69) is 41.8 Å². The summed E-state index contributed by atoms with van der Waals surface area (Å²) >= 11 is 6.69. The van der Waals surface area contributed by atoms with Gasteiger partial charge in [-0.2, -0.15) is 0 Å². The van der Waals surface area contributed by atoms with E-state index in [-0.39, 0.29) is 0 Å². The summed E-state index contributed by atoms with van der Waals surface area (Å²) in [6.45, 7) is -2.36. The fourth-order valence-electron chi connectivity index (χ4n) is 4.04. The van der Waals surface area contributed by atoms with Crippen LogP contribution in [-0.4, -0.2) is 5.45 Å². The molecule has 5 rings (SSSR count). The molecule has 0 amide bonds. The molecule has 0 fully saturated rings. The van der Waals surface area contributed by atoms with Crippen LogP contribution in [0.25, 0.3) is 17.0 Å². The molecule has 2 nitrogen and oxygen atoms in total. The van der Waals surface area contributed by atoms with E-state index < -0.39 is 12.5 Å². The second kappa shape index (κ2) is 9.14. The first-order chi connectivity index (χ1) is 16.2. The molecule has 4 aromatic carbocycles. The van der Waals surface area contributed by atoms with Gasteiger partial charge in [0.25, 0.3) is 0 Å². The van der Waals surface area contributed by atoms with Crippen LogP contribution < -0.4 is 21.5 Å². The van der Waals surface area contributed by atoms with Gasteiger partial charge in [-0.15, -0.1) is 5.45 Å². The number of rotatable bonds is 4. The maximum atomic E-state index is 12.9. The Hall–Kier alpha value is -3.54. The van der Waals surface area contributed by atoms with E-state index in [1.54, 1.807) is 12.1 Å². The van der Waals surface area contributed by atoms with Crippen molar-refractivity contribution in [2.75, 3.05) is 0 Å². The lowest BCUT2D eigenvalue weighted by Gasteiger charge is -2.26. The first-order valence-corrected chi connectivity index (χ1v) is 12.7.